The zero-order valence-corrected chi connectivity index (χ0v) is 11.0. The third kappa shape index (κ3) is 3.10. The summed E-state index contributed by atoms with van der Waals surface area (Å²) in [5, 5.41) is 0. The molecule has 1 aromatic rings. The summed E-state index contributed by atoms with van der Waals surface area (Å²) in [5.41, 5.74) is 10.4. The Morgan fingerprint density at radius 1 is 1.18 bits per heavy atom. The molecule has 1 atom stereocenters. The van der Waals surface area contributed by atoms with Crippen LogP contribution in [0.15, 0.2) is 18.2 Å². The molecule has 0 saturated heterocycles. The van der Waals surface area contributed by atoms with Gasteiger partial charge in [0.05, 0.1) is 0 Å². The monoisotopic (exact) mass is 231 g/mol. The summed E-state index contributed by atoms with van der Waals surface area (Å²) < 4.78 is 0. The van der Waals surface area contributed by atoms with Crippen LogP contribution in [0.3, 0.4) is 0 Å². The Hall–Kier alpha value is -0.820. The molecule has 0 saturated carbocycles. The number of aryl methyl sites for hydroxylation is 2. The number of rotatable bonds is 5. The maximum atomic E-state index is 5.62. The largest absolute Gasteiger partial charge is 0.330 e. The van der Waals surface area contributed by atoms with E-state index in [4.69, 9.17) is 5.73 Å². The topological polar surface area (TPSA) is 26.0 Å². The van der Waals surface area contributed by atoms with Crippen molar-refractivity contribution in [3.8, 4) is 0 Å². The van der Waals surface area contributed by atoms with Gasteiger partial charge >= 0.3 is 0 Å². The van der Waals surface area contributed by atoms with E-state index >= 15 is 0 Å². The van der Waals surface area contributed by atoms with Crippen molar-refractivity contribution < 1.29 is 0 Å². The van der Waals surface area contributed by atoms with Gasteiger partial charge in [0.25, 0.3) is 0 Å². The van der Waals surface area contributed by atoms with Crippen LogP contribution in [0.1, 0.15) is 61.6 Å². The van der Waals surface area contributed by atoms with Gasteiger partial charge in [0, 0.05) is 0 Å². The molecule has 0 radical (unpaired) electrons. The lowest BCUT2D eigenvalue weighted by molar-refractivity contribution is 0.578. The fourth-order valence-electron chi connectivity index (χ4n) is 2.98. The normalized spacial score (nSPS) is 16.6. The molecule has 0 bridgehead atoms. The van der Waals surface area contributed by atoms with Crippen molar-refractivity contribution in [2.75, 3.05) is 6.54 Å². The minimum absolute atomic E-state index is 0.714. The van der Waals surface area contributed by atoms with Gasteiger partial charge in [0.15, 0.2) is 0 Å². The first kappa shape index (κ1) is 12.6. The second kappa shape index (κ2) is 6.20. The van der Waals surface area contributed by atoms with Crippen molar-refractivity contribution >= 4 is 0 Å². The van der Waals surface area contributed by atoms with Crippen LogP contribution in [0.4, 0.5) is 0 Å². The molecule has 1 heteroatoms. The molecule has 1 aliphatic rings. The zero-order valence-electron chi connectivity index (χ0n) is 11.0. The van der Waals surface area contributed by atoms with Crippen LogP contribution in [0, 0.1) is 0 Å². The summed E-state index contributed by atoms with van der Waals surface area (Å²) in [7, 11) is 0. The van der Waals surface area contributed by atoms with Crippen molar-refractivity contribution in [2.45, 2.75) is 57.8 Å². The average Bonchev–Trinajstić information content (AvgIpc) is 2.39. The van der Waals surface area contributed by atoms with Crippen molar-refractivity contribution in [3.63, 3.8) is 0 Å². The fraction of sp³-hybridized carbons (Fsp3) is 0.625. The Morgan fingerprint density at radius 3 is 2.65 bits per heavy atom. The summed E-state index contributed by atoms with van der Waals surface area (Å²) in [6.07, 6.45) is 8.94. The molecule has 17 heavy (non-hydrogen) atoms. The molecule has 0 spiro atoms. The fourth-order valence-corrected chi connectivity index (χ4v) is 2.98. The predicted molar refractivity (Wildman–Crippen MR) is 74.4 cm³/mol. The lowest BCUT2D eigenvalue weighted by Gasteiger charge is -2.20. The number of hydrogen-bond acceptors (Lipinski definition) is 1. The standard InChI is InChI=1S/C16H25N/c1-2-13(8-5-11-17)16-10-9-14-6-3-4-7-15(14)12-16/h9-10,12-13H,2-8,11,17H2,1H3. The number of benzene rings is 1. The van der Waals surface area contributed by atoms with Crippen LogP contribution >= 0.6 is 0 Å². The molecule has 0 aromatic heterocycles. The van der Waals surface area contributed by atoms with E-state index in [9.17, 15) is 0 Å². The second-order valence-corrected chi connectivity index (χ2v) is 5.27. The molecule has 0 aliphatic heterocycles. The highest BCUT2D eigenvalue weighted by molar-refractivity contribution is 5.35. The highest BCUT2D eigenvalue weighted by Crippen LogP contribution is 2.29. The second-order valence-electron chi connectivity index (χ2n) is 5.27. The van der Waals surface area contributed by atoms with E-state index in [1.54, 1.807) is 16.7 Å². The number of hydrogen-bond donors (Lipinski definition) is 1. The van der Waals surface area contributed by atoms with E-state index in [0.717, 1.165) is 13.0 Å². The van der Waals surface area contributed by atoms with Gasteiger partial charge in [-0.3, -0.25) is 0 Å². The quantitative estimate of drug-likeness (QED) is 0.819. The van der Waals surface area contributed by atoms with Gasteiger partial charge in [0.2, 0.25) is 0 Å². The highest BCUT2D eigenvalue weighted by atomic mass is 14.5. The van der Waals surface area contributed by atoms with Gasteiger partial charge in [0.1, 0.15) is 0 Å². The van der Waals surface area contributed by atoms with Crippen molar-refractivity contribution in [1.82, 2.24) is 0 Å². The van der Waals surface area contributed by atoms with Gasteiger partial charge in [-0.1, -0.05) is 25.1 Å². The molecule has 1 aromatic carbocycles. The smallest absolute Gasteiger partial charge is 0.00771 e. The molecule has 1 unspecified atom stereocenters. The van der Waals surface area contributed by atoms with E-state index < -0.39 is 0 Å². The predicted octanol–water partition coefficient (Wildman–Crippen LogP) is 3.80. The minimum Gasteiger partial charge on any atom is -0.330 e. The summed E-state index contributed by atoms with van der Waals surface area (Å²) >= 11 is 0. The Balaban J connectivity index is 2.13. The Morgan fingerprint density at radius 2 is 1.94 bits per heavy atom. The SMILES string of the molecule is CCC(CCCN)c1ccc2c(c1)CCCC2. The molecule has 1 aliphatic carbocycles. The van der Waals surface area contributed by atoms with Crippen LogP contribution in [-0.2, 0) is 12.8 Å². The summed E-state index contributed by atoms with van der Waals surface area (Å²) in [5.74, 6) is 0.714. The van der Waals surface area contributed by atoms with Crippen LogP contribution in [0.5, 0.6) is 0 Å². The maximum absolute atomic E-state index is 5.62. The third-order valence-electron chi connectivity index (χ3n) is 4.09. The van der Waals surface area contributed by atoms with Crippen LogP contribution in [-0.4, -0.2) is 6.54 Å². The van der Waals surface area contributed by atoms with E-state index in [1.165, 1.54) is 38.5 Å². The van der Waals surface area contributed by atoms with E-state index in [-0.39, 0.29) is 0 Å². The van der Waals surface area contributed by atoms with E-state index in [0.29, 0.717) is 5.92 Å². The van der Waals surface area contributed by atoms with Crippen LogP contribution < -0.4 is 5.73 Å². The Labute approximate surface area is 105 Å². The first-order valence-corrected chi connectivity index (χ1v) is 7.17. The zero-order chi connectivity index (χ0) is 12.1. The number of fused-ring (bicyclic) bond motifs is 1. The number of nitrogens with two attached hydrogens (primary N) is 1. The van der Waals surface area contributed by atoms with E-state index in [1.807, 2.05) is 0 Å². The molecule has 2 N–H and O–H groups in total. The maximum Gasteiger partial charge on any atom is -0.00771 e. The molecular weight excluding hydrogens is 206 g/mol. The molecule has 0 fully saturated rings. The lowest BCUT2D eigenvalue weighted by atomic mass is 9.85. The van der Waals surface area contributed by atoms with Crippen LogP contribution in [0.25, 0.3) is 0 Å². The third-order valence-corrected chi connectivity index (χ3v) is 4.09. The van der Waals surface area contributed by atoms with Crippen molar-refractivity contribution in [1.29, 1.82) is 0 Å². The summed E-state index contributed by atoms with van der Waals surface area (Å²) in [4.78, 5) is 0. The van der Waals surface area contributed by atoms with Crippen molar-refractivity contribution in [3.05, 3.63) is 34.9 Å². The van der Waals surface area contributed by atoms with Crippen molar-refractivity contribution in [2.24, 2.45) is 5.73 Å². The summed E-state index contributed by atoms with van der Waals surface area (Å²) in [6, 6.07) is 7.20. The Kier molecular flexibility index (Phi) is 4.61. The lowest BCUT2D eigenvalue weighted by Crippen LogP contribution is -2.07. The summed E-state index contributed by atoms with van der Waals surface area (Å²) in [6.45, 7) is 3.11. The molecule has 2 rings (SSSR count). The van der Waals surface area contributed by atoms with Gasteiger partial charge in [-0.05, 0) is 74.1 Å². The molecule has 94 valence electrons. The first-order valence-electron chi connectivity index (χ1n) is 7.17. The molecule has 0 heterocycles. The molecular formula is C16H25N. The van der Waals surface area contributed by atoms with E-state index in [2.05, 4.69) is 25.1 Å². The van der Waals surface area contributed by atoms with Gasteiger partial charge in [-0.25, -0.2) is 0 Å². The van der Waals surface area contributed by atoms with Gasteiger partial charge in [-0.2, -0.15) is 0 Å². The highest BCUT2D eigenvalue weighted by Gasteiger charge is 2.13. The Bertz CT molecular complexity index is 357. The molecule has 1 nitrogen and oxygen atoms in total. The van der Waals surface area contributed by atoms with Crippen LogP contribution in [0.2, 0.25) is 0 Å². The van der Waals surface area contributed by atoms with Gasteiger partial charge in [-0.15, -0.1) is 0 Å². The average molecular weight is 231 g/mol. The molecule has 0 amide bonds. The van der Waals surface area contributed by atoms with Gasteiger partial charge < -0.3 is 5.73 Å². The minimum atomic E-state index is 0.714. The first-order chi connectivity index (χ1) is 8.35.